The second kappa shape index (κ2) is 2.51. The number of aromatic nitrogens is 1. The highest BCUT2D eigenvalue weighted by Gasteiger charge is 2.06. The summed E-state index contributed by atoms with van der Waals surface area (Å²) in [7, 11) is 0. The van der Waals surface area contributed by atoms with Crippen LogP contribution in [-0.2, 0) is 0 Å². The van der Waals surface area contributed by atoms with E-state index in [4.69, 9.17) is 0 Å². The Balaban J connectivity index is 3.30. The highest BCUT2D eigenvalue weighted by atomic mass is 19.1. The van der Waals surface area contributed by atoms with Crippen molar-refractivity contribution in [3.63, 3.8) is 0 Å². The van der Waals surface area contributed by atoms with Crippen molar-refractivity contribution in [2.24, 2.45) is 0 Å². The first-order valence-corrected chi connectivity index (χ1v) is 2.51. The average Bonchev–Trinajstić information content (AvgIpc) is 1.88. The van der Waals surface area contributed by atoms with Crippen LogP contribution in [0.2, 0.25) is 0 Å². The van der Waals surface area contributed by atoms with Crippen LogP contribution in [0.1, 0.15) is 10.4 Å². The number of carbonyl (C=O) groups excluding carboxylic acids is 1. The summed E-state index contributed by atoms with van der Waals surface area (Å²) < 4.78 is 24.6. The summed E-state index contributed by atoms with van der Waals surface area (Å²) in [5.74, 6) is -1.96. The van der Waals surface area contributed by atoms with Crippen molar-refractivity contribution in [1.29, 1.82) is 0 Å². The maximum absolute atomic E-state index is 12.3. The predicted molar refractivity (Wildman–Crippen MR) is 29.5 cm³/mol. The van der Waals surface area contributed by atoms with Gasteiger partial charge < -0.3 is 0 Å². The second-order valence-corrected chi connectivity index (χ2v) is 1.62. The number of carbonyl (C=O) groups is 1. The molecule has 1 aromatic rings. The van der Waals surface area contributed by atoms with E-state index in [1.807, 2.05) is 0 Å². The van der Waals surface area contributed by atoms with Gasteiger partial charge in [-0.2, -0.15) is 4.39 Å². The molecule has 0 amide bonds. The Morgan fingerprint density at radius 3 is 2.60 bits per heavy atom. The van der Waals surface area contributed by atoms with Gasteiger partial charge in [0.05, 0.1) is 0 Å². The molecule has 0 radical (unpaired) electrons. The van der Waals surface area contributed by atoms with E-state index in [9.17, 15) is 13.6 Å². The minimum absolute atomic E-state index is 0.0949. The van der Waals surface area contributed by atoms with Crippen molar-refractivity contribution in [3.05, 3.63) is 29.6 Å². The van der Waals surface area contributed by atoms with Gasteiger partial charge in [-0.15, -0.1) is 0 Å². The largest absolute Gasteiger partial charge is 0.298 e. The molecule has 0 unspecified atom stereocenters. The normalized spacial score (nSPS) is 9.40. The van der Waals surface area contributed by atoms with E-state index in [1.54, 1.807) is 0 Å². The van der Waals surface area contributed by atoms with E-state index in [0.717, 1.165) is 12.3 Å². The summed E-state index contributed by atoms with van der Waals surface area (Å²) in [5.41, 5.74) is -0.623. The molecule has 0 saturated heterocycles. The van der Waals surface area contributed by atoms with Gasteiger partial charge in [0.15, 0.2) is 6.29 Å². The highest BCUT2D eigenvalue weighted by Crippen LogP contribution is 2.05. The molecular weight excluding hydrogens is 140 g/mol. The van der Waals surface area contributed by atoms with Crippen LogP contribution in [0.4, 0.5) is 8.78 Å². The van der Waals surface area contributed by atoms with Gasteiger partial charge in [-0.3, -0.25) is 4.79 Å². The van der Waals surface area contributed by atoms with Gasteiger partial charge in [-0.25, -0.2) is 9.37 Å². The number of pyridine rings is 1. The fraction of sp³-hybridized carbons (Fsp3) is 0. The van der Waals surface area contributed by atoms with Crippen molar-refractivity contribution in [2.45, 2.75) is 0 Å². The summed E-state index contributed by atoms with van der Waals surface area (Å²) in [6, 6.07) is 0.923. The van der Waals surface area contributed by atoms with Crippen LogP contribution in [0, 0.1) is 11.8 Å². The van der Waals surface area contributed by atoms with Crippen molar-refractivity contribution in [1.82, 2.24) is 4.98 Å². The SMILES string of the molecule is O=Cc1c(F)ccnc1F. The predicted octanol–water partition coefficient (Wildman–Crippen LogP) is 1.17. The first-order valence-electron chi connectivity index (χ1n) is 2.51. The quantitative estimate of drug-likeness (QED) is 0.436. The van der Waals surface area contributed by atoms with E-state index in [2.05, 4.69) is 4.98 Å². The molecule has 0 aliphatic heterocycles. The minimum Gasteiger partial charge on any atom is -0.298 e. The van der Waals surface area contributed by atoms with Crippen LogP contribution in [0.5, 0.6) is 0 Å². The van der Waals surface area contributed by atoms with Gasteiger partial charge in [0.25, 0.3) is 0 Å². The third-order valence-electron chi connectivity index (χ3n) is 1.01. The Labute approximate surface area is 55.5 Å². The first-order chi connectivity index (χ1) is 4.75. The summed E-state index contributed by atoms with van der Waals surface area (Å²) in [5, 5.41) is 0. The number of aldehydes is 1. The van der Waals surface area contributed by atoms with E-state index < -0.39 is 17.3 Å². The number of hydrogen-bond donors (Lipinski definition) is 0. The highest BCUT2D eigenvalue weighted by molar-refractivity contribution is 5.74. The maximum atomic E-state index is 12.3. The van der Waals surface area contributed by atoms with Crippen molar-refractivity contribution < 1.29 is 13.6 Å². The molecule has 0 saturated carbocycles. The van der Waals surface area contributed by atoms with Crippen LogP contribution < -0.4 is 0 Å². The summed E-state index contributed by atoms with van der Waals surface area (Å²) >= 11 is 0. The molecule has 1 aromatic heterocycles. The molecule has 4 heteroatoms. The van der Waals surface area contributed by atoms with Crippen LogP contribution in [0.15, 0.2) is 12.3 Å². The molecule has 0 atom stereocenters. The van der Waals surface area contributed by atoms with E-state index in [-0.39, 0.29) is 6.29 Å². The molecule has 0 N–H and O–H groups in total. The van der Waals surface area contributed by atoms with Crippen molar-refractivity contribution >= 4 is 6.29 Å². The Kier molecular flexibility index (Phi) is 1.71. The van der Waals surface area contributed by atoms with Crippen molar-refractivity contribution in [3.8, 4) is 0 Å². The molecule has 10 heavy (non-hydrogen) atoms. The molecule has 0 spiro atoms. The van der Waals surface area contributed by atoms with E-state index >= 15 is 0 Å². The van der Waals surface area contributed by atoms with Gasteiger partial charge in [-0.1, -0.05) is 0 Å². The Hall–Kier alpha value is -1.32. The van der Waals surface area contributed by atoms with Gasteiger partial charge in [-0.05, 0) is 6.07 Å². The molecule has 0 aliphatic carbocycles. The molecule has 0 bridgehead atoms. The maximum Gasteiger partial charge on any atom is 0.226 e. The number of rotatable bonds is 1. The molecule has 2 nitrogen and oxygen atoms in total. The lowest BCUT2D eigenvalue weighted by atomic mass is 10.3. The van der Waals surface area contributed by atoms with Gasteiger partial charge in [0.2, 0.25) is 5.95 Å². The number of hydrogen-bond acceptors (Lipinski definition) is 2. The summed E-state index contributed by atoms with van der Waals surface area (Å²) in [6.07, 6.45) is 1.05. The average molecular weight is 143 g/mol. The second-order valence-electron chi connectivity index (χ2n) is 1.62. The molecule has 52 valence electrons. The number of halogens is 2. The minimum atomic E-state index is -1.07. The first kappa shape index (κ1) is 6.80. The van der Waals surface area contributed by atoms with Gasteiger partial charge in [0, 0.05) is 6.20 Å². The lowest BCUT2D eigenvalue weighted by Gasteiger charge is -1.92. The Bertz CT molecular complexity index is 242. The zero-order valence-electron chi connectivity index (χ0n) is 4.84. The van der Waals surface area contributed by atoms with Crippen LogP contribution >= 0.6 is 0 Å². The summed E-state index contributed by atoms with van der Waals surface area (Å²) in [4.78, 5) is 13.0. The standard InChI is InChI=1S/C6H3F2NO/c7-5-1-2-9-6(8)4(5)3-10/h1-3H. The molecule has 0 fully saturated rings. The molecule has 0 aromatic carbocycles. The zero-order chi connectivity index (χ0) is 7.56. The number of nitrogens with zero attached hydrogens (tertiary/aromatic N) is 1. The lowest BCUT2D eigenvalue weighted by Crippen LogP contribution is -1.95. The fourth-order valence-corrected chi connectivity index (χ4v) is 0.531. The Morgan fingerprint density at radius 2 is 2.20 bits per heavy atom. The lowest BCUT2D eigenvalue weighted by molar-refractivity contribution is 0.111. The third kappa shape index (κ3) is 1.00. The summed E-state index contributed by atoms with van der Waals surface area (Å²) in [6.45, 7) is 0. The smallest absolute Gasteiger partial charge is 0.226 e. The zero-order valence-corrected chi connectivity index (χ0v) is 4.84. The Morgan fingerprint density at radius 1 is 1.50 bits per heavy atom. The van der Waals surface area contributed by atoms with Crippen LogP contribution in [0.25, 0.3) is 0 Å². The third-order valence-corrected chi connectivity index (χ3v) is 1.01. The monoisotopic (exact) mass is 143 g/mol. The van der Waals surface area contributed by atoms with E-state index in [0.29, 0.717) is 0 Å². The molecular formula is C6H3F2NO. The topological polar surface area (TPSA) is 30.0 Å². The van der Waals surface area contributed by atoms with Crippen LogP contribution in [-0.4, -0.2) is 11.3 Å². The van der Waals surface area contributed by atoms with E-state index in [1.165, 1.54) is 0 Å². The molecule has 1 rings (SSSR count). The van der Waals surface area contributed by atoms with Gasteiger partial charge >= 0.3 is 0 Å². The van der Waals surface area contributed by atoms with Gasteiger partial charge in [0.1, 0.15) is 11.4 Å². The van der Waals surface area contributed by atoms with Crippen LogP contribution in [0.3, 0.4) is 0 Å². The molecule has 0 aliphatic rings. The van der Waals surface area contributed by atoms with Crippen molar-refractivity contribution in [2.75, 3.05) is 0 Å². The molecule has 1 heterocycles. The fourth-order valence-electron chi connectivity index (χ4n) is 0.531.